The summed E-state index contributed by atoms with van der Waals surface area (Å²) in [7, 11) is 0. The van der Waals surface area contributed by atoms with E-state index >= 15 is 0 Å². The van der Waals surface area contributed by atoms with Crippen molar-refractivity contribution in [3.05, 3.63) is 60.3 Å². The van der Waals surface area contributed by atoms with Crippen LogP contribution in [0.5, 0.6) is 0 Å². The molecule has 106 valence electrons. The third-order valence-electron chi connectivity index (χ3n) is 3.65. The average molecular weight is 288 g/mol. The summed E-state index contributed by atoms with van der Waals surface area (Å²) < 4.78 is 0. The van der Waals surface area contributed by atoms with Crippen molar-refractivity contribution in [1.29, 1.82) is 0 Å². The Labute approximate surface area is 125 Å². The van der Waals surface area contributed by atoms with Crippen LogP contribution >= 0.6 is 0 Å². The fourth-order valence-electron chi connectivity index (χ4n) is 2.57. The van der Waals surface area contributed by atoms with Gasteiger partial charge in [0, 0.05) is 11.6 Å². The minimum Gasteiger partial charge on any atom is -0.366 e. The number of primary amides is 1. The van der Waals surface area contributed by atoms with Crippen LogP contribution in [0, 0.1) is 0 Å². The number of aromatic nitrogens is 3. The molecule has 0 aliphatic heterocycles. The van der Waals surface area contributed by atoms with Crippen LogP contribution in [0.3, 0.4) is 0 Å². The number of nitrogens with two attached hydrogens (primary N) is 1. The summed E-state index contributed by atoms with van der Waals surface area (Å²) in [6.07, 6.45) is 1.81. The maximum Gasteiger partial charge on any atom is 0.250 e. The summed E-state index contributed by atoms with van der Waals surface area (Å²) >= 11 is 0. The van der Waals surface area contributed by atoms with Crippen LogP contribution in [0.15, 0.2) is 54.7 Å². The molecule has 0 fully saturated rings. The number of nitrogens with zero attached hydrogens (tertiary/aromatic N) is 2. The second kappa shape index (κ2) is 4.66. The first kappa shape index (κ1) is 12.5. The molecule has 0 bridgehead atoms. The van der Waals surface area contributed by atoms with Crippen molar-refractivity contribution in [2.45, 2.75) is 0 Å². The Bertz CT molecular complexity index is 1020. The van der Waals surface area contributed by atoms with E-state index < -0.39 is 5.91 Å². The zero-order chi connectivity index (χ0) is 15.1. The molecule has 4 aromatic rings. The molecule has 0 radical (unpaired) electrons. The highest BCUT2D eigenvalue weighted by atomic mass is 16.1. The first-order chi connectivity index (χ1) is 10.7. The predicted molar refractivity (Wildman–Crippen MR) is 85.3 cm³/mol. The minimum absolute atomic E-state index is 0.404. The van der Waals surface area contributed by atoms with Gasteiger partial charge in [0.15, 0.2) is 5.82 Å². The maximum atomic E-state index is 11.5. The number of benzene rings is 2. The van der Waals surface area contributed by atoms with Gasteiger partial charge < -0.3 is 10.7 Å². The van der Waals surface area contributed by atoms with Crippen molar-refractivity contribution in [1.82, 2.24) is 15.0 Å². The molecule has 3 N–H and O–H groups in total. The molecule has 2 aromatic carbocycles. The first-order valence-electron chi connectivity index (χ1n) is 6.86. The second-order valence-electron chi connectivity index (χ2n) is 5.07. The van der Waals surface area contributed by atoms with E-state index in [-0.39, 0.29) is 0 Å². The smallest absolute Gasteiger partial charge is 0.250 e. The van der Waals surface area contributed by atoms with Crippen molar-refractivity contribution in [2.24, 2.45) is 5.73 Å². The van der Waals surface area contributed by atoms with Crippen molar-refractivity contribution >= 4 is 27.7 Å². The summed E-state index contributed by atoms with van der Waals surface area (Å²) in [6, 6.07) is 15.3. The van der Waals surface area contributed by atoms with Gasteiger partial charge in [-0.25, -0.2) is 4.98 Å². The van der Waals surface area contributed by atoms with Crippen molar-refractivity contribution in [3.63, 3.8) is 0 Å². The minimum atomic E-state index is -0.491. The Hall–Kier alpha value is -3.21. The standard InChI is InChI=1S/C17H12N4O/c18-16(22)12-6-3-7-13-15(12)21-17(20-13)14-8-10-4-1-2-5-11(10)9-19-14/h1-9H,(H2,18,22)(H,20,21). The van der Waals surface area contributed by atoms with E-state index in [0.29, 0.717) is 16.9 Å². The lowest BCUT2D eigenvalue weighted by Gasteiger charge is -1.99. The van der Waals surface area contributed by atoms with Gasteiger partial charge in [0.1, 0.15) is 11.2 Å². The molecule has 22 heavy (non-hydrogen) atoms. The number of pyridine rings is 1. The van der Waals surface area contributed by atoms with Crippen LogP contribution in [-0.2, 0) is 0 Å². The Morgan fingerprint density at radius 1 is 1.05 bits per heavy atom. The number of carbonyl (C=O) groups excluding carboxylic acids is 1. The van der Waals surface area contributed by atoms with Gasteiger partial charge in [-0.1, -0.05) is 30.3 Å². The molecule has 0 unspecified atom stereocenters. The number of imidazole rings is 1. The summed E-state index contributed by atoms with van der Waals surface area (Å²) in [5.74, 6) is 0.129. The lowest BCUT2D eigenvalue weighted by atomic mass is 10.1. The van der Waals surface area contributed by atoms with Gasteiger partial charge in [-0.15, -0.1) is 0 Å². The summed E-state index contributed by atoms with van der Waals surface area (Å²) in [5.41, 5.74) is 7.86. The number of carbonyl (C=O) groups is 1. The van der Waals surface area contributed by atoms with Crippen LogP contribution in [0.25, 0.3) is 33.3 Å². The van der Waals surface area contributed by atoms with Crippen molar-refractivity contribution in [3.8, 4) is 11.5 Å². The van der Waals surface area contributed by atoms with Gasteiger partial charge in [-0.3, -0.25) is 9.78 Å². The van der Waals surface area contributed by atoms with E-state index in [4.69, 9.17) is 5.73 Å². The van der Waals surface area contributed by atoms with Gasteiger partial charge in [0.2, 0.25) is 0 Å². The Kier molecular flexibility index (Phi) is 2.66. The molecule has 0 saturated carbocycles. The normalized spacial score (nSPS) is 11.1. The summed E-state index contributed by atoms with van der Waals surface area (Å²) in [5, 5.41) is 2.16. The monoisotopic (exact) mass is 288 g/mol. The first-order valence-corrected chi connectivity index (χ1v) is 6.86. The van der Waals surface area contributed by atoms with Crippen molar-refractivity contribution < 1.29 is 4.79 Å². The van der Waals surface area contributed by atoms with Gasteiger partial charge in [0.25, 0.3) is 5.91 Å². The van der Waals surface area contributed by atoms with Gasteiger partial charge in [0.05, 0.1) is 11.1 Å². The number of nitrogens with one attached hydrogen (secondary N) is 1. The number of para-hydroxylation sites is 1. The Morgan fingerprint density at radius 3 is 2.68 bits per heavy atom. The second-order valence-corrected chi connectivity index (χ2v) is 5.07. The maximum absolute atomic E-state index is 11.5. The molecule has 5 nitrogen and oxygen atoms in total. The van der Waals surface area contributed by atoms with E-state index in [0.717, 1.165) is 22.0 Å². The van der Waals surface area contributed by atoms with Gasteiger partial charge >= 0.3 is 0 Å². The van der Waals surface area contributed by atoms with Crippen LogP contribution in [0.1, 0.15) is 10.4 Å². The molecular weight excluding hydrogens is 276 g/mol. The molecule has 5 heteroatoms. The largest absolute Gasteiger partial charge is 0.366 e. The lowest BCUT2D eigenvalue weighted by Crippen LogP contribution is -2.11. The molecular formula is C17H12N4O. The van der Waals surface area contributed by atoms with Crippen LogP contribution in [0.2, 0.25) is 0 Å². The van der Waals surface area contributed by atoms with E-state index in [2.05, 4.69) is 15.0 Å². The van der Waals surface area contributed by atoms with E-state index in [1.807, 2.05) is 42.6 Å². The van der Waals surface area contributed by atoms with Gasteiger partial charge in [-0.2, -0.15) is 0 Å². The molecule has 2 heterocycles. The lowest BCUT2D eigenvalue weighted by molar-refractivity contribution is 0.100. The Morgan fingerprint density at radius 2 is 1.86 bits per heavy atom. The Balaban J connectivity index is 1.92. The quantitative estimate of drug-likeness (QED) is 0.594. The molecule has 0 atom stereocenters. The van der Waals surface area contributed by atoms with E-state index in [9.17, 15) is 4.79 Å². The molecule has 1 amide bonds. The fraction of sp³-hybridized carbons (Fsp3) is 0. The molecule has 0 saturated heterocycles. The van der Waals surface area contributed by atoms with E-state index in [1.165, 1.54) is 0 Å². The highest BCUT2D eigenvalue weighted by molar-refractivity contribution is 6.04. The highest BCUT2D eigenvalue weighted by Gasteiger charge is 2.12. The van der Waals surface area contributed by atoms with Gasteiger partial charge in [-0.05, 0) is 23.6 Å². The van der Waals surface area contributed by atoms with Crippen LogP contribution in [0.4, 0.5) is 0 Å². The number of hydrogen-bond acceptors (Lipinski definition) is 3. The fourth-order valence-corrected chi connectivity index (χ4v) is 2.57. The van der Waals surface area contributed by atoms with Crippen LogP contribution in [-0.4, -0.2) is 20.9 Å². The van der Waals surface area contributed by atoms with Crippen molar-refractivity contribution in [2.75, 3.05) is 0 Å². The summed E-state index contributed by atoms with van der Waals surface area (Å²) in [4.78, 5) is 23.6. The number of hydrogen-bond donors (Lipinski definition) is 2. The highest BCUT2D eigenvalue weighted by Crippen LogP contribution is 2.24. The molecule has 0 aliphatic rings. The predicted octanol–water partition coefficient (Wildman–Crippen LogP) is 2.88. The number of rotatable bonds is 2. The molecule has 4 rings (SSSR count). The number of fused-ring (bicyclic) bond motifs is 2. The third-order valence-corrected chi connectivity index (χ3v) is 3.65. The number of H-pyrrole nitrogens is 1. The number of amides is 1. The molecule has 2 aromatic heterocycles. The molecule has 0 aliphatic carbocycles. The van der Waals surface area contributed by atoms with E-state index in [1.54, 1.807) is 12.1 Å². The zero-order valence-electron chi connectivity index (χ0n) is 11.6. The topological polar surface area (TPSA) is 84.7 Å². The molecule has 0 spiro atoms. The van der Waals surface area contributed by atoms with Crippen LogP contribution < -0.4 is 5.73 Å². The summed E-state index contributed by atoms with van der Waals surface area (Å²) in [6.45, 7) is 0. The third kappa shape index (κ3) is 1.91. The average Bonchev–Trinajstić information content (AvgIpc) is 2.98. The SMILES string of the molecule is NC(=O)c1cccc2[nH]c(-c3cc4ccccc4cn3)nc12. The number of aromatic amines is 1. The zero-order valence-corrected chi connectivity index (χ0v) is 11.6.